The largest absolute Gasteiger partial charge is 0.387 e. The summed E-state index contributed by atoms with van der Waals surface area (Å²) in [5, 5.41) is 13.5. The highest BCUT2D eigenvalue weighted by Gasteiger charge is 2.09. The fourth-order valence-electron chi connectivity index (χ4n) is 2.41. The molecule has 0 aliphatic rings. The van der Waals surface area contributed by atoms with E-state index in [4.69, 9.17) is 0 Å². The van der Waals surface area contributed by atoms with Crippen molar-refractivity contribution in [3.63, 3.8) is 0 Å². The Balaban J connectivity index is 1.82. The second-order valence-corrected chi connectivity index (χ2v) is 5.69. The van der Waals surface area contributed by atoms with E-state index >= 15 is 0 Å². The molecule has 0 amide bonds. The quantitative estimate of drug-likeness (QED) is 0.772. The molecule has 2 aromatic carbocycles. The van der Waals surface area contributed by atoms with Crippen molar-refractivity contribution in [2.24, 2.45) is 0 Å². The molecule has 3 nitrogen and oxygen atoms in total. The summed E-state index contributed by atoms with van der Waals surface area (Å²) in [6, 6.07) is 17.6. The summed E-state index contributed by atoms with van der Waals surface area (Å²) in [5.41, 5.74) is 2.84. The van der Waals surface area contributed by atoms with Gasteiger partial charge in [-0.1, -0.05) is 54.6 Å². The van der Waals surface area contributed by atoms with Crippen LogP contribution in [0, 0.1) is 0 Å². The number of aliphatic hydroxyl groups is 1. The lowest BCUT2D eigenvalue weighted by molar-refractivity contribution is 0.101. The predicted molar refractivity (Wildman–Crippen MR) is 89.0 cm³/mol. The number of hydrogen-bond donors (Lipinski definition) is 2. The molecule has 2 rings (SSSR count). The average Bonchev–Trinajstić information content (AvgIpc) is 2.54. The topological polar surface area (TPSA) is 49.3 Å². The first kappa shape index (κ1) is 16.4. The fraction of sp³-hybridized carbons (Fsp3) is 0.316. The van der Waals surface area contributed by atoms with Crippen molar-refractivity contribution in [1.82, 2.24) is 5.32 Å². The van der Waals surface area contributed by atoms with Crippen molar-refractivity contribution in [2.45, 2.75) is 32.4 Å². The number of benzene rings is 2. The van der Waals surface area contributed by atoms with Crippen molar-refractivity contribution >= 4 is 5.78 Å². The molecule has 0 saturated carbocycles. The van der Waals surface area contributed by atoms with Crippen LogP contribution in [0.2, 0.25) is 0 Å². The second kappa shape index (κ2) is 7.87. The standard InChI is InChI=1S/C19H23NO2/c1-14(12-16-8-10-17(11-9-16)15(2)21)20-13-19(22)18-6-4-3-5-7-18/h3-11,14,19-20,22H,12-13H2,1-2H3/t14?,19-/m0/s1. The smallest absolute Gasteiger partial charge is 0.159 e. The van der Waals surface area contributed by atoms with Gasteiger partial charge in [-0.2, -0.15) is 0 Å². The third-order valence-corrected chi connectivity index (χ3v) is 3.75. The molecule has 116 valence electrons. The summed E-state index contributed by atoms with van der Waals surface area (Å²) in [6.07, 6.45) is 0.364. The van der Waals surface area contributed by atoms with Gasteiger partial charge in [-0.05, 0) is 31.4 Å². The average molecular weight is 297 g/mol. The number of hydrogen-bond acceptors (Lipinski definition) is 3. The van der Waals surface area contributed by atoms with E-state index in [1.807, 2.05) is 54.6 Å². The van der Waals surface area contributed by atoms with Gasteiger partial charge in [0.15, 0.2) is 5.78 Å². The Morgan fingerprint density at radius 3 is 2.32 bits per heavy atom. The van der Waals surface area contributed by atoms with Crippen LogP contribution < -0.4 is 5.32 Å². The highest BCUT2D eigenvalue weighted by molar-refractivity contribution is 5.93. The summed E-state index contributed by atoms with van der Waals surface area (Å²) < 4.78 is 0. The molecule has 2 N–H and O–H groups in total. The summed E-state index contributed by atoms with van der Waals surface area (Å²) in [4.78, 5) is 11.3. The first-order valence-electron chi connectivity index (χ1n) is 7.62. The van der Waals surface area contributed by atoms with Crippen LogP contribution in [0.1, 0.15) is 41.4 Å². The minimum absolute atomic E-state index is 0.0868. The molecule has 0 aromatic heterocycles. The van der Waals surface area contributed by atoms with E-state index in [0.29, 0.717) is 6.54 Å². The Morgan fingerprint density at radius 1 is 1.09 bits per heavy atom. The molecule has 0 heterocycles. The van der Waals surface area contributed by atoms with Crippen LogP contribution >= 0.6 is 0 Å². The zero-order valence-corrected chi connectivity index (χ0v) is 13.1. The zero-order valence-electron chi connectivity index (χ0n) is 13.1. The van der Waals surface area contributed by atoms with Gasteiger partial charge in [0, 0.05) is 18.2 Å². The molecule has 1 unspecified atom stereocenters. The number of rotatable bonds is 7. The van der Waals surface area contributed by atoms with Crippen molar-refractivity contribution in [3.8, 4) is 0 Å². The monoisotopic (exact) mass is 297 g/mol. The maximum atomic E-state index is 11.3. The van der Waals surface area contributed by atoms with Crippen LogP contribution in [-0.4, -0.2) is 23.5 Å². The van der Waals surface area contributed by atoms with E-state index in [1.165, 1.54) is 5.56 Å². The number of carbonyl (C=O) groups is 1. The first-order chi connectivity index (χ1) is 10.6. The molecular formula is C19H23NO2. The van der Waals surface area contributed by atoms with E-state index in [9.17, 15) is 9.90 Å². The van der Waals surface area contributed by atoms with Crippen molar-refractivity contribution in [1.29, 1.82) is 0 Å². The Hall–Kier alpha value is -1.97. The molecule has 3 heteroatoms. The van der Waals surface area contributed by atoms with Crippen LogP contribution in [0.25, 0.3) is 0 Å². The molecule has 0 aliphatic carbocycles. The van der Waals surface area contributed by atoms with Crippen LogP contribution in [0.3, 0.4) is 0 Å². The van der Waals surface area contributed by atoms with Crippen LogP contribution in [0.5, 0.6) is 0 Å². The van der Waals surface area contributed by atoms with Crippen molar-refractivity contribution in [3.05, 3.63) is 71.3 Å². The fourth-order valence-corrected chi connectivity index (χ4v) is 2.41. The van der Waals surface area contributed by atoms with E-state index in [0.717, 1.165) is 17.5 Å². The van der Waals surface area contributed by atoms with Crippen LogP contribution in [0.15, 0.2) is 54.6 Å². The summed E-state index contributed by atoms with van der Waals surface area (Å²) >= 11 is 0. The molecular weight excluding hydrogens is 274 g/mol. The van der Waals surface area contributed by atoms with Crippen molar-refractivity contribution < 1.29 is 9.90 Å². The third kappa shape index (κ3) is 4.79. The molecule has 0 spiro atoms. The molecule has 2 aromatic rings. The van der Waals surface area contributed by atoms with E-state index in [2.05, 4.69) is 12.2 Å². The maximum absolute atomic E-state index is 11.3. The number of Topliss-reactive ketones (excluding diaryl/α,β-unsaturated/α-hetero) is 1. The number of ketones is 1. The van der Waals surface area contributed by atoms with E-state index < -0.39 is 6.10 Å². The van der Waals surface area contributed by atoms with Gasteiger partial charge in [0.2, 0.25) is 0 Å². The van der Waals surface area contributed by atoms with Gasteiger partial charge in [0.1, 0.15) is 0 Å². The molecule has 0 bridgehead atoms. The Kier molecular flexibility index (Phi) is 5.87. The molecule has 0 radical (unpaired) electrons. The van der Waals surface area contributed by atoms with Gasteiger partial charge in [-0.15, -0.1) is 0 Å². The predicted octanol–water partition coefficient (Wildman–Crippen LogP) is 3.14. The SMILES string of the molecule is CC(=O)c1ccc(CC(C)NC[C@H](O)c2ccccc2)cc1. The number of aliphatic hydroxyl groups excluding tert-OH is 1. The Bertz CT molecular complexity index is 593. The normalized spacial score (nSPS) is 13.6. The van der Waals surface area contributed by atoms with E-state index in [-0.39, 0.29) is 11.8 Å². The Labute approximate surface area is 132 Å². The summed E-state index contributed by atoms with van der Waals surface area (Å²) in [6.45, 7) is 4.19. The van der Waals surface area contributed by atoms with Crippen LogP contribution in [0.4, 0.5) is 0 Å². The van der Waals surface area contributed by atoms with Crippen LogP contribution in [-0.2, 0) is 6.42 Å². The van der Waals surface area contributed by atoms with Gasteiger partial charge in [0.25, 0.3) is 0 Å². The minimum Gasteiger partial charge on any atom is -0.387 e. The van der Waals surface area contributed by atoms with Gasteiger partial charge in [-0.25, -0.2) is 0 Å². The highest BCUT2D eigenvalue weighted by Crippen LogP contribution is 2.12. The summed E-state index contributed by atoms with van der Waals surface area (Å²) in [7, 11) is 0. The molecule has 0 aliphatic heterocycles. The number of nitrogens with one attached hydrogen (secondary N) is 1. The molecule has 0 saturated heterocycles. The highest BCUT2D eigenvalue weighted by atomic mass is 16.3. The zero-order chi connectivity index (χ0) is 15.9. The summed E-state index contributed by atoms with van der Waals surface area (Å²) in [5.74, 6) is 0.0868. The maximum Gasteiger partial charge on any atom is 0.159 e. The van der Waals surface area contributed by atoms with Gasteiger partial charge in [0.05, 0.1) is 6.10 Å². The van der Waals surface area contributed by atoms with Gasteiger partial charge < -0.3 is 10.4 Å². The lowest BCUT2D eigenvalue weighted by Crippen LogP contribution is -2.32. The van der Waals surface area contributed by atoms with E-state index in [1.54, 1.807) is 6.92 Å². The lowest BCUT2D eigenvalue weighted by atomic mass is 10.0. The second-order valence-electron chi connectivity index (χ2n) is 5.69. The Morgan fingerprint density at radius 2 is 1.73 bits per heavy atom. The molecule has 2 atom stereocenters. The van der Waals surface area contributed by atoms with Crippen molar-refractivity contribution in [2.75, 3.05) is 6.54 Å². The molecule has 0 fully saturated rings. The van der Waals surface area contributed by atoms with Gasteiger partial charge >= 0.3 is 0 Å². The molecule has 22 heavy (non-hydrogen) atoms. The lowest BCUT2D eigenvalue weighted by Gasteiger charge is -2.17. The number of carbonyl (C=O) groups excluding carboxylic acids is 1. The first-order valence-corrected chi connectivity index (χ1v) is 7.62. The minimum atomic E-state index is -0.497. The third-order valence-electron chi connectivity index (χ3n) is 3.75. The van der Waals surface area contributed by atoms with Gasteiger partial charge in [-0.3, -0.25) is 4.79 Å².